The van der Waals surface area contributed by atoms with Crippen LogP contribution >= 0.6 is 0 Å². The number of nitrogens with one attached hydrogen (secondary N) is 1. The highest BCUT2D eigenvalue weighted by atomic mass is 16.5. The number of hydrogen-bond acceptors (Lipinski definition) is 4. The number of nitrogens with zero attached hydrogens (tertiary/aromatic N) is 2. The molecule has 0 spiro atoms. The van der Waals surface area contributed by atoms with E-state index < -0.39 is 0 Å². The van der Waals surface area contributed by atoms with E-state index in [-0.39, 0.29) is 0 Å². The fourth-order valence-electron chi connectivity index (χ4n) is 3.04. The summed E-state index contributed by atoms with van der Waals surface area (Å²) in [5, 5.41) is 3.71. The standard InChI is InChI=1S/C14H29N3O/c1-13(11-17-6-8-18-9-7-17)15-10-14-4-3-5-16(2)12-14/h13-15H,3-12H2,1-2H3. The van der Waals surface area contributed by atoms with Gasteiger partial charge in [0.25, 0.3) is 0 Å². The normalized spacial score (nSPS) is 29.3. The Balaban J connectivity index is 1.60. The fraction of sp³-hybridized carbons (Fsp3) is 1.00. The summed E-state index contributed by atoms with van der Waals surface area (Å²) >= 11 is 0. The molecule has 2 rings (SSSR count). The van der Waals surface area contributed by atoms with Crippen LogP contribution in [0.25, 0.3) is 0 Å². The van der Waals surface area contributed by atoms with Gasteiger partial charge in [-0.2, -0.15) is 0 Å². The van der Waals surface area contributed by atoms with Gasteiger partial charge in [0.05, 0.1) is 13.2 Å². The van der Waals surface area contributed by atoms with Crippen molar-refractivity contribution in [2.24, 2.45) is 5.92 Å². The van der Waals surface area contributed by atoms with E-state index >= 15 is 0 Å². The van der Waals surface area contributed by atoms with Crippen LogP contribution in [0.5, 0.6) is 0 Å². The zero-order valence-electron chi connectivity index (χ0n) is 12.0. The number of likely N-dealkylation sites (tertiary alicyclic amines) is 1. The molecule has 2 atom stereocenters. The summed E-state index contributed by atoms with van der Waals surface area (Å²) < 4.78 is 5.38. The zero-order chi connectivity index (χ0) is 12.8. The summed E-state index contributed by atoms with van der Waals surface area (Å²) in [4.78, 5) is 4.97. The topological polar surface area (TPSA) is 27.7 Å². The van der Waals surface area contributed by atoms with Crippen LogP contribution in [0.1, 0.15) is 19.8 Å². The first kappa shape index (κ1) is 14.3. The first-order chi connectivity index (χ1) is 8.74. The van der Waals surface area contributed by atoms with E-state index in [9.17, 15) is 0 Å². The molecule has 0 aliphatic carbocycles. The van der Waals surface area contributed by atoms with Gasteiger partial charge in [-0.15, -0.1) is 0 Å². The SMILES string of the molecule is CC(CN1CCOCC1)NCC1CCCN(C)C1. The number of hydrogen-bond donors (Lipinski definition) is 1. The average molecular weight is 255 g/mol. The second-order valence-electron chi connectivity index (χ2n) is 5.99. The van der Waals surface area contributed by atoms with Crippen molar-refractivity contribution in [2.75, 3.05) is 59.5 Å². The molecule has 0 aromatic heterocycles. The monoisotopic (exact) mass is 255 g/mol. The van der Waals surface area contributed by atoms with Crippen LogP contribution in [0.15, 0.2) is 0 Å². The minimum absolute atomic E-state index is 0.593. The first-order valence-electron chi connectivity index (χ1n) is 7.46. The lowest BCUT2D eigenvalue weighted by Crippen LogP contribution is -2.46. The minimum atomic E-state index is 0.593. The van der Waals surface area contributed by atoms with Crippen LogP contribution in [-0.4, -0.2) is 75.4 Å². The summed E-state index contributed by atoms with van der Waals surface area (Å²) in [6, 6.07) is 0.593. The summed E-state index contributed by atoms with van der Waals surface area (Å²) in [5.41, 5.74) is 0. The van der Waals surface area contributed by atoms with E-state index in [0.29, 0.717) is 6.04 Å². The highest BCUT2D eigenvalue weighted by Gasteiger charge is 2.18. The lowest BCUT2D eigenvalue weighted by atomic mass is 9.98. The molecule has 2 saturated heterocycles. The molecule has 1 N–H and O–H groups in total. The largest absolute Gasteiger partial charge is 0.379 e. The molecule has 2 heterocycles. The summed E-state index contributed by atoms with van der Waals surface area (Å²) in [5.74, 6) is 0.843. The van der Waals surface area contributed by atoms with Gasteiger partial charge in [-0.3, -0.25) is 4.90 Å². The Bertz CT molecular complexity index is 231. The smallest absolute Gasteiger partial charge is 0.0594 e. The van der Waals surface area contributed by atoms with Crippen molar-refractivity contribution in [3.05, 3.63) is 0 Å². The van der Waals surface area contributed by atoms with E-state index in [4.69, 9.17) is 4.74 Å². The van der Waals surface area contributed by atoms with Crippen molar-refractivity contribution in [1.82, 2.24) is 15.1 Å². The van der Waals surface area contributed by atoms with Crippen LogP contribution in [-0.2, 0) is 4.74 Å². The van der Waals surface area contributed by atoms with Crippen LogP contribution in [0.4, 0.5) is 0 Å². The van der Waals surface area contributed by atoms with E-state index in [1.165, 1.54) is 32.5 Å². The molecular formula is C14H29N3O. The molecule has 2 aliphatic heterocycles. The van der Waals surface area contributed by atoms with Gasteiger partial charge in [0, 0.05) is 32.2 Å². The van der Waals surface area contributed by atoms with Crippen molar-refractivity contribution >= 4 is 0 Å². The van der Waals surface area contributed by atoms with Crippen molar-refractivity contribution in [3.63, 3.8) is 0 Å². The lowest BCUT2D eigenvalue weighted by molar-refractivity contribution is 0.0340. The number of piperidine rings is 1. The Morgan fingerprint density at radius 1 is 1.28 bits per heavy atom. The number of morpholine rings is 1. The van der Waals surface area contributed by atoms with E-state index in [0.717, 1.165) is 38.8 Å². The summed E-state index contributed by atoms with van der Waals surface area (Å²) in [6.07, 6.45) is 2.75. The molecule has 0 bridgehead atoms. The zero-order valence-corrected chi connectivity index (χ0v) is 12.0. The minimum Gasteiger partial charge on any atom is -0.379 e. The summed E-state index contributed by atoms with van der Waals surface area (Å²) in [6.45, 7) is 11.2. The van der Waals surface area contributed by atoms with Crippen molar-refractivity contribution in [1.29, 1.82) is 0 Å². The van der Waals surface area contributed by atoms with Crippen LogP contribution in [0.3, 0.4) is 0 Å². The molecule has 4 nitrogen and oxygen atoms in total. The van der Waals surface area contributed by atoms with Gasteiger partial charge in [-0.05, 0) is 45.8 Å². The van der Waals surface area contributed by atoms with E-state index in [1.54, 1.807) is 0 Å². The molecule has 0 saturated carbocycles. The summed E-state index contributed by atoms with van der Waals surface area (Å²) in [7, 11) is 2.24. The second-order valence-corrected chi connectivity index (χ2v) is 5.99. The van der Waals surface area contributed by atoms with Gasteiger partial charge in [0.1, 0.15) is 0 Å². The molecule has 0 amide bonds. The van der Waals surface area contributed by atoms with Gasteiger partial charge in [-0.25, -0.2) is 0 Å². The maximum Gasteiger partial charge on any atom is 0.0594 e. The quantitative estimate of drug-likeness (QED) is 0.780. The molecule has 2 fully saturated rings. The molecule has 18 heavy (non-hydrogen) atoms. The third-order valence-corrected chi connectivity index (χ3v) is 4.11. The van der Waals surface area contributed by atoms with Crippen LogP contribution in [0, 0.1) is 5.92 Å². The van der Waals surface area contributed by atoms with Gasteiger partial charge < -0.3 is 15.0 Å². The predicted octanol–water partition coefficient (Wildman–Crippen LogP) is 0.639. The number of ether oxygens (including phenoxy) is 1. The Labute approximate surface area is 112 Å². The van der Waals surface area contributed by atoms with Gasteiger partial charge in [-0.1, -0.05) is 0 Å². The molecule has 2 unspecified atom stereocenters. The van der Waals surface area contributed by atoms with Crippen molar-refractivity contribution < 1.29 is 4.74 Å². The first-order valence-corrected chi connectivity index (χ1v) is 7.46. The van der Waals surface area contributed by atoms with Gasteiger partial charge in [0.2, 0.25) is 0 Å². The van der Waals surface area contributed by atoms with E-state index in [2.05, 4.69) is 29.1 Å². The van der Waals surface area contributed by atoms with Crippen LogP contribution in [0.2, 0.25) is 0 Å². The number of rotatable bonds is 5. The highest BCUT2D eigenvalue weighted by Crippen LogP contribution is 2.14. The molecule has 0 aromatic carbocycles. The lowest BCUT2D eigenvalue weighted by Gasteiger charge is -2.32. The van der Waals surface area contributed by atoms with Crippen molar-refractivity contribution in [2.45, 2.75) is 25.8 Å². The molecule has 0 radical (unpaired) electrons. The Hall–Kier alpha value is -0.160. The Kier molecular flexibility index (Phi) is 5.89. The second kappa shape index (κ2) is 7.43. The average Bonchev–Trinajstić information content (AvgIpc) is 2.38. The molecule has 2 aliphatic rings. The van der Waals surface area contributed by atoms with Gasteiger partial charge >= 0.3 is 0 Å². The molecular weight excluding hydrogens is 226 g/mol. The fourth-order valence-corrected chi connectivity index (χ4v) is 3.04. The van der Waals surface area contributed by atoms with Crippen LogP contribution < -0.4 is 5.32 Å². The third kappa shape index (κ3) is 4.84. The maximum absolute atomic E-state index is 5.38. The molecule has 4 heteroatoms. The maximum atomic E-state index is 5.38. The molecule has 106 valence electrons. The predicted molar refractivity (Wildman–Crippen MR) is 74.9 cm³/mol. The molecule has 0 aromatic rings. The third-order valence-electron chi connectivity index (χ3n) is 4.11. The van der Waals surface area contributed by atoms with Crippen molar-refractivity contribution in [3.8, 4) is 0 Å². The highest BCUT2D eigenvalue weighted by molar-refractivity contribution is 4.76. The van der Waals surface area contributed by atoms with Gasteiger partial charge in [0.15, 0.2) is 0 Å². The Morgan fingerprint density at radius 2 is 2.06 bits per heavy atom. The van der Waals surface area contributed by atoms with E-state index in [1.807, 2.05) is 0 Å². The Morgan fingerprint density at radius 3 is 2.78 bits per heavy atom.